The van der Waals surface area contributed by atoms with Crippen LogP contribution in [0, 0.1) is 11.8 Å². The van der Waals surface area contributed by atoms with E-state index in [2.05, 4.69) is 12.2 Å². The maximum absolute atomic E-state index is 12.1. The molecule has 2 atom stereocenters. The van der Waals surface area contributed by atoms with Crippen LogP contribution in [0.15, 0.2) is 18.2 Å². The Kier molecular flexibility index (Phi) is 3.68. The van der Waals surface area contributed by atoms with E-state index < -0.39 is 0 Å². The fraction of sp³-hybridized carbons (Fsp3) is 0.500. The van der Waals surface area contributed by atoms with Gasteiger partial charge in [0.1, 0.15) is 5.75 Å². The molecular formula is C16H20N2O3. The normalized spacial score (nSPS) is 23.4. The highest BCUT2D eigenvalue weighted by Gasteiger charge is 2.58. The summed E-state index contributed by atoms with van der Waals surface area (Å²) >= 11 is 0. The number of rotatable bonds is 6. The second-order valence-corrected chi connectivity index (χ2v) is 5.64. The fourth-order valence-corrected chi connectivity index (χ4v) is 2.91. The van der Waals surface area contributed by atoms with Crippen LogP contribution in [0.3, 0.4) is 0 Å². The minimum atomic E-state index is -0.0477. The molecule has 1 saturated heterocycles. The Labute approximate surface area is 124 Å². The molecule has 1 aliphatic heterocycles. The highest BCUT2D eigenvalue weighted by Crippen LogP contribution is 2.47. The maximum atomic E-state index is 12.1. The molecule has 1 aromatic rings. The Morgan fingerprint density at radius 3 is 2.62 bits per heavy atom. The van der Waals surface area contributed by atoms with Crippen LogP contribution < -0.4 is 10.1 Å². The monoisotopic (exact) mass is 288 g/mol. The first-order valence-electron chi connectivity index (χ1n) is 7.37. The number of likely N-dealkylation sites (tertiary alicyclic amines) is 1. The summed E-state index contributed by atoms with van der Waals surface area (Å²) in [5.41, 5.74) is 2.01. The molecule has 2 aliphatic rings. The highest BCUT2D eigenvalue weighted by atomic mass is 16.5. The molecule has 1 aromatic carbocycles. The lowest BCUT2D eigenvalue weighted by Gasteiger charge is -2.19. The van der Waals surface area contributed by atoms with Crippen molar-refractivity contribution in [2.75, 3.05) is 13.7 Å². The van der Waals surface area contributed by atoms with Crippen molar-refractivity contribution in [3.05, 3.63) is 29.3 Å². The molecule has 0 bridgehead atoms. The average molecular weight is 288 g/mol. The van der Waals surface area contributed by atoms with Crippen molar-refractivity contribution >= 4 is 11.8 Å². The summed E-state index contributed by atoms with van der Waals surface area (Å²) in [6.07, 6.45) is 0.742. The number of methoxy groups -OCH3 is 1. The average Bonchev–Trinajstić information content (AvgIpc) is 3.25. The second kappa shape index (κ2) is 5.48. The van der Waals surface area contributed by atoms with Crippen LogP contribution in [0.4, 0.5) is 0 Å². The van der Waals surface area contributed by atoms with E-state index in [9.17, 15) is 9.59 Å². The van der Waals surface area contributed by atoms with Crippen LogP contribution in [0.1, 0.15) is 24.5 Å². The van der Waals surface area contributed by atoms with Gasteiger partial charge < -0.3 is 10.1 Å². The molecule has 0 aromatic heterocycles. The number of amides is 2. The second-order valence-electron chi connectivity index (χ2n) is 5.64. The van der Waals surface area contributed by atoms with Gasteiger partial charge in [-0.1, -0.05) is 13.0 Å². The Morgan fingerprint density at radius 2 is 2.00 bits per heavy atom. The van der Waals surface area contributed by atoms with E-state index in [0.29, 0.717) is 6.54 Å². The molecule has 5 heteroatoms. The van der Waals surface area contributed by atoms with Gasteiger partial charge >= 0.3 is 0 Å². The molecule has 112 valence electrons. The van der Waals surface area contributed by atoms with E-state index in [1.807, 2.05) is 18.2 Å². The smallest absolute Gasteiger partial charge is 0.233 e. The largest absolute Gasteiger partial charge is 0.496 e. The minimum absolute atomic E-state index is 0.0239. The molecule has 5 nitrogen and oxygen atoms in total. The molecule has 1 aliphatic carbocycles. The van der Waals surface area contributed by atoms with Crippen molar-refractivity contribution in [3.8, 4) is 5.75 Å². The quantitative estimate of drug-likeness (QED) is 0.802. The van der Waals surface area contributed by atoms with Crippen molar-refractivity contribution in [2.24, 2.45) is 11.8 Å². The van der Waals surface area contributed by atoms with Crippen LogP contribution in [0.25, 0.3) is 0 Å². The van der Waals surface area contributed by atoms with Gasteiger partial charge in [0.2, 0.25) is 11.8 Å². The summed E-state index contributed by atoms with van der Waals surface area (Å²) in [6, 6.07) is 5.90. The number of hydrogen-bond donors (Lipinski definition) is 1. The molecule has 2 fully saturated rings. The zero-order valence-electron chi connectivity index (χ0n) is 12.4. The van der Waals surface area contributed by atoms with Crippen LogP contribution in [0.5, 0.6) is 5.75 Å². The molecule has 21 heavy (non-hydrogen) atoms. The van der Waals surface area contributed by atoms with Crippen LogP contribution >= 0.6 is 0 Å². The van der Waals surface area contributed by atoms with E-state index in [1.165, 1.54) is 4.90 Å². The third-order valence-electron chi connectivity index (χ3n) is 4.21. The third kappa shape index (κ3) is 2.53. The van der Waals surface area contributed by atoms with Crippen molar-refractivity contribution in [1.82, 2.24) is 10.2 Å². The van der Waals surface area contributed by atoms with Gasteiger partial charge in [-0.05, 0) is 30.7 Å². The van der Waals surface area contributed by atoms with Crippen LogP contribution in [-0.4, -0.2) is 30.4 Å². The predicted molar refractivity (Wildman–Crippen MR) is 77.5 cm³/mol. The zero-order valence-corrected chi connectivity index (χ0v) is 12.4. The van der Waals surface area contributed by atoms with Crippen molar-refractivity contribution in [3.63, 3.8) is 0 Å². The maximum Gasteiger partial charge on any atom is 0.233 e. The van der Waals surface area contributed by atoms with Gasteiger partial charge in [-0.2, -0.15) is 0 Å². The molecule has 1 N–H and O–H groups in total. The van der Waals surface area contributed by atoms with E-state index in [-0.39, 0.29) is 23.7 Å². The molecular weight excluding hydrogens is 268 g/mol. The number of benzene rings is 1. The summed E-state index contributed by atoms with van der Waals surface area (Å²) in [5, 5.41) is 3.27. The molecule has 3 rings (SSSR count). The number of hydrogen-bond acceptors (Lipinski definition) is 4. The highest BCUT2D eigenvalue weighted by molar-refractivity contribution is 6.08. The summed E-state index contributed by atoms with van der Waals surface area (Å²) in [7, 11) is 1.61. The summed E-state index contributed by atoms with van der Waals surface area (Å²) in [6.45, 7) is 4.03. The lowest BCUT2D eigenvalue weighted by molar-refractivity contribution is -0.142. The van der Waals surface area contributed by atoms with Gasteiger partial charge in [-0.15, -0.1) is 0 Å². The number of imide groups is 1. The molecule has 2 amide bonds. The molecule has 1 heterocycles. The van der Waals surface area contributed by atoms with Crippen molar-refractivity contribution < 1.29 is 14.3 Å². The summed E-state index contributed by atoms with van der Waals surface area (Å²) in [5.74, 6) is 0.576. The molecule has 0 spiro atoms. The zero-order chi connectivity index (χ0) is 15.0. The van der Waals surface area contributed by atoms with E-state index in [0.717, 1.165) is 36.4 Å². The van der Waals surface area contributed by atoms with Gasteiger partial charge in [0.25, 0.3) is 0 Å². The Balaban J connectivity index is 1.79. The van der Waals surface area contributed by atoms with Gasteiger partial charge in [-0.25, -0.2) is 0 Å². The van der Waals surface area contributed by atoms with Gasteiger partial charge in [0, 0.05) is 12.1 Å². The van der Waals surface area contributed by atoms with Gasteiger partial charge in [-0.3, -0.25) is 14.5 Å². The molecule has 0 radical (unpaired) electrons. The number of nitrogens with one attached hydrogen (secondary N) is 1. The van der Waals surface area contributed by atoms with E-state index in [4.69, 9.17) is 4.74 Å². The number of carbonyl (C=O) groups is 2. The number of piperidine rings is 1. The van der Waals surface area contributed by atoms with Crippen LogP contribution in [-0.2, 0) is 22.7 Å². The lowest BCUT2D eigenvalue weighted by Crippen LogP contribution is -2.32. The predicted octanol–water partition coefficient (Wildman–Crippen LogP) is 1.31. The first-order chi connectivity index (χ1) is 10.2. The SMILES string of the molecule is CCNCc1ccc(OC)c(CN2C(=O)C3CC3C2=O)c1. The summed E-state index contributed by atoms with van der Waals surface area (Å²) < 4.78 is 5.35. The molecule has 1 saturated carbocycles. The fourth-order valence-electron chi connectivity index (χ4n) is 2.91. The lowest BCUT2D eigenvalue weighted by atomic mass is 10.1. The number of fused-ring (bicyclic) bond motifs is 1. The first kappa shape index (κ1) is 14.1. The van der Waals surface area contributed by atoms with E-state index >= 15 is 0 Å². The topological polar surface area (TPSA) is 58.6 Å². The Morgan fingerprint density at radius 1 is 1.29 bits per heavy atom. The Bertz CT molecular complexity index is 565. The third-order valence-corrected chi connectivity index (χ3v) is 4.21. The van der Waals surface area contributed by atoms with Crippen LogP contribution in [0.2, 0.25) is 0 Å². The van der Waals surface area contributed by atoms with Gasteiger partial charge in [0.15, 0.2) is 0 Å². The number of carbonyl (C=O) groups excluding carboxylic acids is 2. The van der Waals surface area contributed by atoms with Crippen molar-refractivity contribution in [1.29, 1.82) is 0 Å². The standard InChI is InChI=1S/C16H20N2O3/c1-3-17-8-10-4-5-14(21-2)11(6-10)9-18-15(19)12-7-13(12)16(18)20/h4-6,12-13,17H,3,7-9H2,1-2H3. The first-order valence-corrected chi connectivity index (χ1v) is 7.37. The van der Waals surface area contributed by atoms with Crippen molar-refractivity contribution in [2.45, 2.75) is 26.4 Å². The summed E-state index contributed by atoms with van der Waals surface area (Å²) in [4.78, 5) is 25.5. The van der Waals surface area contributed by atoms with Gasteiger partial charge in [0.05, 0.1) is 25.5 Å². The number of nitrogens with zero attached hydrogens (tertiary/aromatic N) is 1. The Hall–Kier alpha value is -1.88. The molecule has 2 unspecified atom stereocenters. The number of ether oxygens (including phenoxy) is 1. The van der Waals surface area contributed by atoms with E-state index in [1.54, 1.807) is 7.11 Å². The minimum Gasteiger partial charge on any atom is -0.496 e.